The molecule has 0 spiro atoms. The van der Waals surface area contributed by atoms with E-state index in [1.165, 1.54) is 22.4 Å². The van der Waals surface area contributed by atoms with Crippen molar-refractivity contribution in [1.82, 2.24) is 4.90 Å². The highest BCUT2D eigenvalue weighted by Gasteiger charge is 2.28. The normalized spacial score (nSPS) is 14.4. The van der Waals surface area contributed by atoms with Crippen LogP contribution in [0.1, 0.15) is 90.0 Å². The molecule has 0 aromatic rings. The Balaban J connectivity index is 0. The molecule has 1 heteroatoms. The minimum atomic E-state index is 0.179. The van der Waals surface area contributed by atoms with Gasteiger partial charge in [-0.15, -0.1) is 12.8 Å². The Kier molecular flexibility index (Phi) is 13.3. The standard InChI is InChI=1S/C25H47N.C2H2/c1-14-15-23(22(11)25(12,13)19(6)7)21(10)24(18(4)5)26(20(8)9)16-17(2)3;1-2/h14-15,17-20H,16H2,1-13H3;1-2H/b15-14-,23-22-,24-21+;. The second-order valence-electron chi connectivity index (χ2n) is 9.72. The van der Waals surface area contributed by atoms with Crippen LogP contribution in [0.15, 0.2) is 34.6 Å². The summed E-state index contributed by atoms with van der Waals surface area (Å²) in [6, 6.07) is 0.509. The SMILES string of the molecule is C#C.C\C=C/C(=C(\C)C(C)(C)C(C)C)C(/C)=C(\C(C)C)N(CC(C)C)C(C)C. The molecule has 0 fully saturated rings. The van der Waals surface area contributed by atoms with Crippen LogP contribution in [0.3, 0.4) is 0 Å². The molecule has 0 aromatic heterocycles. The van der Waals surface area contributed by atoms with Crippen molar-refractivity contribution in [2.45, 2.75) is 96.1 Å². The molecule has 162 valence electrons. The molecule has 0 radical (unpaired) electrons. The molecule has 0 N–H and O–H groups in total. The van der Waals surface area contributed by atoms with Crippen molar-refractivity contribution in [2.24, 2.45) is 23.2 Å². The van der Waals surface area contributed by atoms with Crippen molar-refractivity contribution in [2.75, 3.05) is 6.54 Å². The van der Waals surface area contributed by atoms with Crippen molar-refractivity contribution in [3.63, 3.8) is 0 Å². The van der Waals surface area contributed by atoms with Gasteiger partial charge in [-0.3, -0.25) is 0 Å². The average Bonchev–Trinajstić information content (AvgIpc) is 2.59. The maximum atomic E-state index is 4.00. The van der Waals surface area contributed by atoms with Crippen LogP contribution in [0, 0.1) is 36.0 Å². The first-order valence-corrected chi connectivity index (χ1v) is 10.9. The average molecular weight is 388 g/mol. The number of hydrogen-bond donors (Lipinski definition) is 0. The summed E-state index contributed by atoms with van der Waals surface area (Å²) in [5, 5.41) is 0. The maximum absolute atomic E-state index is 4.00. The molecule has 28 heavy (non-hydrogen) atoms. The van der Waals surface area contributed by atoms with Gasteiger partial charge in [0.25, 0.3) is 0 Å². The van der Waals surface area contributed by atoms with Gasteiger partial charge in [0, 0.05) is 18.3 Å². The van der Waals surface area contributed by atoms with Gasteiger partial charge in [0.15, 0.2) is 0 Å². The topological polar surface area (TPSA) is 3.24 Å². The first-order valence-electron chi connectivity index (χ1n) is 10.9. The minimum Gasteiger partial charge on any atom is -0.372 e. The number of nitrogens with zero attached hydrogens (tertiary/aromatic N) is 1. The van der Waals surface area contributed by atoms with Crippen molar-refractivity contribution in [3.8, 4) is 12.8 Å². The van der Waals surface area contributed by atoms with Gasteiger partial charge in [0.1, 0.15) is 0 Å². The van der Waals surface area contributed by atoms with Gasteiger partial charge < -0.3 is 4.90 Å². The van der Waals surface area contributed by atoms with E-state index in [0.717, 1.165) is 6.54 Å². The number of terminal acetylenes is 1. The number of allylic oxidation sites excluding steroid dienone is 6. The summed E-state index contributed by atoms with van der Waals surface area (Å²) in [7, 11) is 0. The van der Waals surface area contributed by atoms with Gasteiger partial charge in [-0.1, -0.05) is 73.1 Å². The molecule has 0 atom stereocenters. The van der Waals surface area contributed by atoms with Gasteiger partial charge in [0.05, 0.1) is 0 Å². The first-order chi connectivity index (χ1) is 12.8. The van der Waals surface area contributed by atoms with Crippen LogP contribution in [-0.4, -0.2) is 17.5 Å². The largest absolute Gasteiger partial charge is 0.372 e. The molecule has 0 saturated carbocycles. The lowest BCUT2D eigenvalue weighted by Crippen LogP contribution is -2.36. The van der Waals surface area contributed by atoms with Crippen LogP contribution in [0.4, 0.5) is 0 Å². The summed E-state index contributed by atoms with van der Waals surface area (Å²) >= 11 is 0. The first kappa shape index (κ1) is 28.8. The fourth-order valence-electron chi connectivity index (χ4n) is 3.58. The zero-order valence-electron chi connectivity index (χ0n) is 21.3. The Morgan fingerprint density at radius 1 is 0.929 bits per heavy atom. The number of hydrogen-bond acceptors (Lipinski definition) is 1. The van der Waals surface area contributed by atoms with Gasteiger partial charge in [-0.25, -0.2) is 0 Å². The molecule has 0 aliphatic carbocycles. The zero-order chi connectivity index (χ0) is 22.8. The molecular weight excluding hydrogens is 338 g/mol. The molecule has 0 unspecified atom stereocenters. The van der Waals surface area contributed by atoms with Gasteiger partial charge in [0.2, 0.25) is 0 Å². The summed E-state index contributed by atoms with van der Waals surface area (Å²) in [6.45, 7) is 31.3. The predicted octanol–water partition coefficient (Wildman–Crippen LogP) is 8.11. The van der Waals surface area contributed by atoms with E-state index in [1.807, 2.05) is 0 Å². The second-order valence-corrected chi connectivity index (χ2v) is 9.72. The Morgan fingerprint density at radius 3 is 1.68 bits per heavy atom. The smallest absolute Gasteiger partial charge is 0.0230 e. The molecule has 0 amide bonds. The van der Waals surface area contributed by atoms with Crippen LogP contribution in [0.5, 0.6) is 0 Å². The highest BCUT2D eigenvalue weighted by Crippen LogP contribution is 2.39. The molecule has 1 nitrogen and oxygen atoms in total. The molecule has 0 heterocycles. The van der Waals surface area contributed by atoms with Crippen LogP contribution in [0.2, 0.25) is 0 Å². The fraction of sp³-hybridized carbons (Fsp3) is 0.704. The van der Waals surface area contributed by atoms with Crippen molar-refractivity contribution >= 4 is 0 Å². The fourth-order valence-corrected chi connectivity index (χ4v) is 3.58. The Morgan fingerprint density at radius 2 is 1.39 bits per heavy atom. The van der Waals surface area contributed by atoms with E-state index in [2.05, 4.69) is 120 Å². The lowest BCUT2D eigenvalue weighted by atomic mass is 9.72. The van der Waals surface area contributed by atoms with E-state index < -0.39 is 0 Å². The van der Waals surface area contributed by atoms with Crippen molar-refractivity contribution < 1.29 is 0 Å². The molecule has 0 saturated heterocycles. The third-order valence-electron chi connectivity index (χ3n) is 5.98. The van der Waals surface area contributed by atoms with E-state index in [0.29, 0.717) is 23.8 Å². The van der Waals surface area contributed by atoms with Crippen LogP contribution < -0.4 is 0 Å². The highest BCUT2D eigenvalue weighted by molar-refractivity contribution is 5.46. The summed E-state index contributed by atoms with van der Waals surface area (Å²) in [5.74, 6) is 1.77. The third kappa shape index (κ3) is 7.90. The minimum absolute atomic E-state index is 0.179. The monoisotopic (exact) mass is 387 g/mol. The third-order valence-corrected chi connectivity index (χ3v) is 5.98. The quantitative estimate of drug-likeness (QED) is 0.285. The molecule has 0 aliphatic heterocycles. The van der Waals surface area contributed by atoms with Crippen molar-refractivity contribution in [3.05, 3.63) is 34.6 Å². The summed E-state index contributed by atoms with van der Waals surface area (Å²) < 4.78 is 0. The summed E-state index contributed by atoms with van der Waals surface area (Å²) in [6.07, 6.45) is 12.5. The van der Waals surface area contributed by atoms with E-state index in [-0.39, 0.29) is 5.41 Å². The molecule has 0 bridgehead atoms. The van der Waals surface area contributed by atoms with Gasteiger partial charge in [-0.05, 0) is 68.9 Å². The number of rotatable bonds is 9. The van der Waals surface area contributed by atoms with Gasteiger partial charge >= 0.3 is 0 Å². The van der Waals surface area contributed by atoms with E-state index >= 15 is 0 Å². The Bertz CT molecular complexity index is 562. The van der Waals surface area contributed by atoms with Crippen molar-refractivity contribution in [1.29, 1.82) is 0 Å². The zero-order valence-corrected chi connectivity index (χ0v) is 21.3. The lowest BCUT2D eigenvalue weighted by molar-refractivity contribution is 0.229. The summed E-state index contributed by atoms with van der Waals surface area (Å²) in [4.78, 5) is 2.63. The molecule has 0 aliphatic rings. The second kappa shape index (κ2) is 12.9. The Labute approximate surface area is 178 Å². The molecule has 0 rings (SSSR count). The van der Waals surface area contributed by atoms with E-state index in [1.54, 1.807) is 0 Å². The van der Waals surface area contributed by atoms with Crippen LogP contribution >= 0.6 is 0 Å². The Hall–Kier alpha value is -1.42. The lowest BCUT2D eigenvalue weighted by Gasteiger charge is -2.38. The highest BCUT2D eigenvalue weighted by atomic mass is 15.2. The molecular formula is C27H49N. The van der Waals surface area contributed by atoms with Crippen LogP contribution in [0.25, 0.3) is 0 Å². The predicted molar refractivity (Wildman–Crippen MR) is 130 cm³/mol. The molecule has 0 aromatic carbocycles. The van der Waals surface area contributed by atoms with E-state index in [9.17, 15) is 0 Å². The van der Waals surface area contributed by atoms with Crippen LogP contribution in [-0.2, 0) is 0 Å². The van der Waals surface area contributed by atoms with E-state index in [4.69, 9.17) is 0 Å². The maximum Gasteiger partial charge on any atom is 0.0230 e. The summed E-state index contributed by atoms with van der Waals surface area (Å²) in [5.41, 5.74) is 6.04. The van der Waals surface area contributed by atoms with Gasteiger partial charge in [-0.2, -0.15) is 0 Å².